The van der Waals surface area contributed by atoms with Crippen LogP contribution in [0.25, 0.3) is 0 Å². The maximum absolute atomic E-state index is 13.1. The van der Waals surface area contributed by atoms with E-state index in [2.05, 4.69) is 16.3 Å². The number of thioether (sulfide) groups is 1. The maximum atomic E-state index is 13.1. The van der Waals surface area contributed by atoms with Gasteiger partial charge in [-0.2, -0.15) is 10.5 Å². The lowest BCUT2D eigenvalue weighted by molar-refractivity contribution is -0.116. The highest BCUT2D eigenvalue weighted by molar-refractivity contribution is 8.01. The highest BCUT2D eigenvalue weighted by Gasteiger charge is 2.42. The van der Waals surface area contributed by atoms with E-state index in [9.17, 15) is 10.1 Å². The van der Waals surface area contributed by atoms with Gasteiger partial charge in [-0.25, -0.2) is 0 Å². The fraction of sp³-hybridized carbons (Fsp3) is 0.250. The van der Waals surface area contributed by atoms with Crippen LogP contribution >= 0.6 is 46.3 Å². The van der Waals surface area contributed by atoms with Crippen LogP contribution in [0.1, 0.15) is 30.7 Å². The number of hydrogen-bond donors (Lipinski definition) is 1. The topological polar surface area (TPSA) is 120 Å². The van der Waals surface area contributed by atoms with E-state index < -0.39 is 5.92 Å². The van der Waals surface area contributed by atoms with Crippen LogP contribution < -0.4 is 10.6 Å². The van der Waals surface area contributed by atoms with Crippen LogP contribution in [0, 0.1) is 22.7 Å². The van der Waals surface area contributed by atoms with Crippen molar-refractivity contribution in [3.8, 4) is 12.1 Å². The standard InChI is InChI=1S/C20H14Cl2N6OS2/c21-11-3-1-4-12(22)16(11)15-10(9-24)18(25)28(13-5-2-6-14(29)17(13)15)19-26-27-20(31-19)30-8-7-23/h1,3-4,15H,2,5-6,8,25H2. The fourth-order valence-corrected chi connectivity index (χ4v) is 5.98. The first kappa shape index (κ1) is 21.7. The SMILES string of the molecule is N#CCSc1nnc(N2C(N)=C(C#N)C(c3c(Cl)cccc3Cl)C3=C2CCCC3=O)s1. The molecule has 1 aromatic heterocycles. The number of nitrogens with zero attached hydrogens (tertiary/aromatic N) is 5. The first-order chi connectivity index (χ1) is 15.0. The zero-order valence-electron chi connectivity index (χ0n) is 15.9. The van der Waals surface area contributed by atoms with E-state index in [-0.39, 0.29) is 22.9 Å². The van der Waals surface area contributed by atoms with Crippen molar-refractivity contribution < 1.29 is 4.79 Å². The summed E-state index contributed by atoms with van der Waals surface area (Å²) < 4.78 is 0.600. The molecule has 2 N–H and O–H groups in total. The van der Waals surface area contributed by atoms with Gasteiger partial charge in [-0.1, -0.05) is 52.4 Å². The van der Waals surface area contributed by atoms with Gasteiger partial charge in [0.25, 0.3) is 0 Å². The lowest BCUT2D eigenvalue weighted by Gasteiger charge is -2.38. The van der Waals surface area contributed by atoms with Crippen LogP contribution in [0.5, 0.6) is 0 Å². The molecule has 1 unspecified atom stereocenters. The summed E-state index contributed by atoms with van der Waals surface area (Å²) in [5, 5.41) is 28.3. The summed E-state index contributed by atoms with van der Waals surface area (Å²) in [5.74, 6) is -0.408. The van der Waals surface area contributed by atoms with Crippen molar-refractivity contribution in [2.24, 2.45) is 5.73 Å². The second kappa shape index (κ2) is 8.89. The Labute approximate surface area is 196 Å². The maximum Gasteiger partial charge on any atom is 0.219 e. The summed E-state index contributed by atoms with van der Waals surface area (Å²) in [6, 6.07) is 9.28. The summed E-state index contributed by atoms with van der Waals surface area (Å²) in [6.07, 6.45) is 1.60. The Morgan fingerprint density at radius 2 is 2.00 bits per heavy atom. The monoisotopic (exact) mass is 488 g/mol. The van der Waals surface area contributed by atoms with Crippen LogP contribution in [0.15, 0.2) is 45.2 Å². The minimum atomic E-state index is -0.745. The van der Waals surface area contributed by atoms with Crippen LogP contribution in [0.3, 0.4) is 0 Å². The van der Waals surface area contributed by atoms with Crippen LogP contribution in [0.2, 0.25) is 10.0 Å². The Morgan fingerprint density at radius 3 is 2.68 bits per heavy atom. The largest absolute Gasteiger partial charge is 0.384 e. The zero-order chi connectivity index (χ0) is 22.1. The first-order valence-electron chi connectivity index (χ1n) is 9.21. The normalized spacial score (nSPS) is 18.6. The summed E-state index contributed by atoms with van der Waals surface area (Å²) >= 11 is 15.4. The minimum absolute atomic E-state index is 0.0731. The second-order valence-electron chi connectivity index (χ2n) is 6.75. The predicted octanol–water partition coefficient (Wildman–Crippen LogP) is 4.77. The summed E-state index contributed by atoms with van der Waals surface area (Å²) in [6.45, 7) is 0. The van der Waals surface area contributed by atoms with Gasteiger partial charge in [0.15, 0.2) is 10.1 Å². The van der Waals surface area contributed by atoms with E-state index in [0.29, 0.717) is 55.6 Å². The lowest BCUT2D eigenvalue weighted by atomic mass is 9.75. The zero-order valence-corrected chi connectivity index (χ0v) is 19.1. The highest BCUT2D eigenvalue weighted by atomic mass is 35.5. The van der Waals surface area contributed by atoms with E-state index in [1.54, 1.807) is 23.1 Å². The number of allylic oxidation sites excluding steroid dienone is 3. The number of hydrogen-bond acceptors (Lipinski definition) is 9. The molecule has 0 fully saturated rings. The quantitative estimate of drug-likeness (QED) is 0.611. The Morgan fingerprint density at radius 1 is 1.26 bits per heavy atom. The third-order valence-electron chi connectivity index (χ3n) is 5.05. The number of benzene rings is 1. The molecular weight excluding hydrogens is 475 g/mol. The number of carbonyl (C=O) groups is 1. The van der Waals surface area contributed by atoms with E-state index in [1.165, 1.54) is 23.1 Å². The highest BCUT2D eigenvalue weighted by Crippen LogP contribution is 2.49. The Hall–Kier alpha value is -2.56. The number of anilines is 1. The van der Waals surface area contributed by atoms with Crippen LogP contribution in [0.4, 0.5) is 5.13 Å². The molecule has 0 spiro atoms. The number of rotatable bonds is 4. The van der Waals surface area contributed by atoms with Crippen LogP contribution in [-0.4, -0.2) is 21.7 Å². The predicted molar refractivity (Wildman–Crippen MR) is 121 cm³/mol. The number of Topliss-reactive ketones (excluding diaryl/α,β-unsaturated/α-hetero) is 1. The fourth-order valence-electron chi connectivity index (χ4n) is 3.83. The molecule has 11 heteroatoms. The molecule has 1 aliphatic carbocycles. The van der Waals surface area contributed by atoms with Gasteiger partial charge < -0.3 is 5.73 Å². The number of nitriles is 2. The van der Waals surface area contributed by atoms with E-state index in [4.69, 9.17) is 34.2 Å². The molecule has 1 atom stereocenters. The smallest absolute Gasteiger partial charge is 0.219 e. The molecule has 156 valence electrons. The molecule has 2 heterocycles. The van der Waals surface area contributed by atoms with Gasteiger partial charge in [-0.05, 0) is 25.0 Å². The molecule has 0 amide bonds. The molecule has 0 saturated heterocycles. The molecule has 4 rings (SSSR count). The molecule has 0 bridgehead atoms. The molecule has 2 aromatic rings. The van der Waals surface area contributed by atoms with Gasteiger partial charge in [-0.3, -0.25) is 9.69 Å². The summed E-state index contributed by atoms with van der Waals surface area (Å²) in [7, 11) is 0. The Bertz CT molecular complexity index is 1200. The first-order valence-corrected chi connectivity index (χ1v) is 11.8. The van der Waals surface area contributed by atoms with Crippen molar-refractivity contribution in [3.63, 3.8) is 0 Å². The average molecular weight is 489 g/mol. The van der Waals surface area contributed by atoms with E-state index >= 15 is 0 Å². The van der Waals surface area contributed by atoms with Crippen molar-refractivity contribution >= 4 is 57.2 Å². The lowest BCUT2D eigenvalue weighted by Crippen LogP contribution is -2.38. The van der Waals surface area contributed by atoms with Gasteiger partial charge in [0.2, 0.25) is 5.13 Å². The van der Waals surface area contributed by atoms with Crippen LogP contribution in [-0.2, 0) is 4.79 Å². The third kappa shape index (κ3) is 3.79. The van der Waals surface area contributed by atoms with E-state index in [1.807, 2.05) is 6.07 Å². The van der Waals surface area contributed by atoms with Crippen molar-refractivity contribution in [2.45, 2.75) is 29.5 Å². The van der Waals surface area contributed by atoms with Gasteiger partial charge in [-0.15, -0.1) is 10.2 Å². The van der Waals surface area contributed by atoms with Gasteiger partial charge in [0, 0.05) is 33.3 Å². The van der Waals surface area contributed by atoms with Gasteiger partial charge >= 0.3 is 0 Å². The second-order valence-corrected chi connectivity index (χ2v) is 9.74. The molecule has 1 aromatic carbocycles. The molecular formula is C20H14Cl2N6OS2. The van der Waals surface area contributed by atoms with Gasteiger partial charge in [0.1, 0.15) is 5.82 Å². The molecule has 31 heavy (non-hydrogen) atoms. The van der Waals surface area contributed by atoms with E-state index in [0.717, 1.165) is 0 Å². The van der Waals surface area contributed by atoms with Crippen molar-refractivity contribution in [3.05, 3.63) is 56.5 Å². The number of nitrogens with two attached hydrogens (primary N) is 1. The molecule has 7 nitrogen and oxygen atoms in total. The summed E-state index contributed by atoms with van der Waals surface area (Å²) in [5.41, 5.74) is 8.32. The Kier molecular flexibility index (Phi) is 6.22. The number of halogens is 2. The van der Waals surface area contributed by atoms with Crippen molar-refractivity contribution in [1.82, 2.24) is 10.2 Å². The number of carbonyl (C=O) groups excluding carboxylic acids is 1. The molecule has 2 aliphatic rings. The van der Waals surface area contributed by atoms with Crippen molar-refractivity contribution in [1.29, 1.82) is 10.5 Å². The van der Waals surface area contributed by atoms with Gasteiger partial charge in [0.05, 0.1) is 29.4 Å². The van der Waals surface area contributed by atoms with Crippen molar-refractivity contribution in [2.75, 3.05) is 10.7 Å². The Balaban J connectivity index is 1.92. The average Bonchev–Trinajstić information content (AvgIpc) is 3.20. The molecule has 0 radical (unpaired) electrons. The third-order valence-corrected chi connectivity index (χ3v) is 7.62. The number of aromatic nitrogens is 2. The number of ketones is 1. The minimum Gasteiger partial charge on any atom is -0.384 e. The molecule has 1 aliphatic heterocycles. The molecule has 0 saturated carbocycles. The summed E-state index contributed by atoms with van der Waals surface area (Å²) in [4.78, 5) is 14.7.